The summed E-state index contributed by atoms with van der Waals surface area (Å²) in [6.07, 6.45) is 3.47. The molecule has 0 saturated carbocycles. The molecule has 0 atom stereocenters. The maximum Gasteiger partial charge on any atom is 0.255 e. The van der Waals surface area contributed by atoms with E-state index >= 15 is 0 Å². The first-order valence-corrected chi connectivity index (χ1v) is 9.15. The normalized spacial score (nSPS) is 11.7. The van der Waals surface area contributed by atoms with Crippen LogP contribution in [0.2, 0.25) is 5.02 Å². The summed E-state index contributed by atoms with van der Waals surface area (Å²) < 4.78 is 1.70. The lowest BCUT2D eigenvalue weighted by molar-refractivity contribution is -0.115. The van der Waals surface area contributed by atoms with Crippen LogP contribution in [0.15, 0.2) is 60.8 Å². The van der Waals surface area contributed by atoms with Gasteiger partial charge in [-0.3, -0.25) is 9.48 Å². The summed E-state index contributed by atoms with van der Waals surface area (Å²) in [7, 11) is 1.83. The molecule has 1 amide bonds. The van der Waals surface area contributed by atoms with E-state index in [2.05, 4.69) is 20.4 Å². The molecule has 0 aliphatic carbocycles. The number of carbonyl (C=O) groups excluding carboxylic acids is 1. The fourth-order valence-corrected chi connectivity index (χ4v) is 3.00. The molecule has 4 rings (SSSR count). The lowest BCUT2D eigenvalue weighted by Crippen LogP contribution is -2.24. The molecule has 0 aliphatic heterocycles. The average Bonchev–Trinajstić information content (AvgIpc) is 3.31. The number of nitrogens with one attached hydrogen (secondary N) is 2. The molecule has 0 radical (unpaired) electrons. The number of amides is 1. The molecule has 0 unspecified atom stereocenters. The number of benzene rings is 2. The summed E-state index contributed by atoms with van der Waals surface area (Å²) in [6.45, 7) is 0.388. The van der Waals surface area contributed by atoms with Crippen LogP contribution in [0, 0.1) is 0 Å². The van der Waals surface area contributed by atoms with Crippen LogP contribution >= 0.6 is 11.6 Å². The van der Waals surface area contributed by atoms with Crippen LogP contribution in [0.4, 0.5) is 0 Å². The number of halogens is 1. The Morgan fingerprint density at radius 1 is 1.18 bits per heavy atom. The zero-order valence-corrected chi connectivity index (χ0v) is 15.9. The first kappa shape index (κ1) is 18.0. The van der Waals surface area contributed by atoms with E-state index < -0.39 is 0 Å². The van der Waals surface area contributed by atoms with Crippen molar-refractivity contribution < 1.29 is 4.79 Å². The van der Waals surface area contributed by atoms with Gasteiger partial charge in [0.2, 0.25) is 0 Å². The van der Waals surface area contributed by atoms with E-state index in [1.807, 2.05) is 49.5 Å². The summed E-state index contributed by atoms with van der Waals surface area (Å²) in [6, 6.07) is 16.9. The molecule has 28 heavy (non-hydrogen) atoms. The highest BCUT2D eigenvalue weighted by atomic mass is 35.5. The van der Waals surface area contributed by atoms with Crippen molar-refractivity contribution in [2.45, 2.75) is 6.54 Å². The molecular formula is C21H18ClN5O. The van der Waals surface area contributed by atoms with E-state index in [1.165, 1.54) is 0 Å². The maximum absolute atomic E-state index is 13.0. The van der Waals surface area contributed by atoms with Gasteiger partial charge in [0.15, 0.2) is 0 Å². The monoisotopic (exact) mass is 391 g/mol. The van der Waals surface area contributed by atoms with Crippen molar-refractivity contribution in [3.8, 4) is 0 Å². The molecule has 2 aromatic carbocycles. The summed E-state index contributed by atoms with van der Waals surface area (Å²) in [5.41, 5.74) is 3.88. The molecule has 7 heteroatoms. The largest absolute Gasteiger partial charge is 0.348 e. The Bertz CT molecular complexity index is 1120. The number of aromatic amines is 1. The van der Waals surface area contributed by atoms with Crippen molar-refractivity contribution in [1.29, 1.82) is 0 Å². The molecule has 140 valence electrons. The summed E-state index contributed by atoms with van der Waals surface area (Å²) in [5.74, 6) is 0.284. The number of carbonyl (C=O) groups is 1. The number of hydrogen-bond acceptors (Lipinski definition) is 3. The van der Waals surface area contributed by atoms with Crippen molar-refractivity contribution in [3.63, 3.8) is 0 Å². The third-order valence-corrected chi connectivity index (χ3v) is 4.66. The van der Waals surface area contributed by atoms with Crippen molar-refractivity contribution in [2.75, 3.05) is 0 Å². The zero-order chi connectivity index (χ0) is 19.5. The average molecular weight is 392 g/mol. The van der Waals surface area contributed by atoms with Crippen molar-refractivity contribution >= 4 is 40.2 Å². The topological polar surface area (TPSA) is 75.6 Å². The highest BCUT2D eigenvalue weighted by Gasteiger charge is 2.17. The zero-order valence-electron chi connectivity index (χ0n) is 15.2. The minimum atomic E-state index is -0.227. The number of hydrogen-bond donors (Lipinski definition) is 2. The number of H-pyrrole nitrogens is 1. The van der Waals surface area contributed by atoms with E-state index in [4.69, 9.17) is 11.6 Å². The minimum absolute atomic E-state index is 0.227. The van der Waals surface area contributed by atoms with Crippen LogP contribution in [0.25, 0.3) is 22.7 Å². The van der Waals surface area contributed by atoms with Gasteiger partial charge in [0.25, 0.3) is 5.91 Å². The molecule has 0 saturated heterocycles. The van der Waals surface area contributed by atoms with E-state index in [0.717, 1.165) is 22.3 Å². The van der Waals surface area contributed by atoms with Crippen molar-refractivity contribution in [2.24, 2.45) is 7.05 Å². The Balaban J connectivity index is 1.66. The number of aromatic nitrogens is 4. The van der Waals surface area contributed by atoms with Crippen molar-refractivity contribution in [3.05, 3.63) is 82.9 Å². The predicted molar refractivity (Wildman–Crippen MR) is 110 cm³/mol. The van der Waals surface area contributed by atoms with Gasteiger partial charge in [-0.25, -0.2) is 4.98 Å². The first-order chi connectivity index (χ1) is 13.6. The predicted octanol–water partition coefficient (Wildman–Crippen LogP) is 3.81. The van der Waals surface area contributed by atoms with Gasteiger partial charge in [0.05, 0.1) is 22.3 Å². The van der Waals surface area contributed by atoms with Gasteiger partial charge in [-0.05, 0) is 42.0 Å². The van der Waals surface area contributed by atoms with Crippen LogP contribution in [-0.2, 0) is 18.4 Å². The van der Waals surface area contributed by atoms with Gasteiger partial charge in [0, 0.05) is 24.8 Å². The van der Waals surface area contributed by atoms with Crippen LogP contribution in [0.1, 0.15) is 17.1 Å². The highest BCUT2D eigenvalue weighted by molar-refractivity contribution is 6.30. The quantitative estimate of drug-likeness (QED) is 0.508. The van der Waals surface area contributed by atoms with E-state index in [-0.39, 0.29) is 5.91 Å². The number of aryl methyl sites for hydroxylation is 1. The molecule has 0 spiro atoms. The minimum Gasteiger partial charge on any atom is -0.348 e. The summed E-state index contributed by atoms with van der Waals surface area (Å²) >= 11 is 5.92. The molecule has 4 aromatic rings. The number of para-hydroxylation sites is 2. The fourth-order valence-electron chi connectivity index (χ4n) is 2.88. The van der Waals surface area contributed by atoms with Crippen molar-refractivity contribution in [1.82, 2.24) is 25.1 Å². The van der Waals surface area contributed by atoms with Gasteiger partial charge in [0.1, 0.15) is 5.82 Å². The Morgan fingerprint density at radius 3 is 2.68 bits per heavy atom. The Hall–Kier alpha value is -3.38. The van der Waals surface area contributed by atoms with E-state index in [9.17, 15) is 4.79 Å². The van der Waals surface area contributed by atoms with Gasteiger partial charge >= 0.3 is 0 Å². The number of imidazole rings is 1. The van der Waals surface area contributed by atoms with Crippen LogP contribution in [0.5, 0.6) is 0 Å². The lowest BCUT2D eigenvalue weighted by Gasteiger charge is -2.08. The second-order valence-electron chi connectivity index (χ2n) is 6.35. The Kier molecular flexibility index (Phi) is 4.95. The first-order valence-electron chi connectivity index (χ1n) is 8.77. The molecular weight excluding hydrogens is 374 g/mol. The van der Waals surface area contributed by atoms with Gasteiger partial charge in [-0.2, -0.15) is 5.10 Å². The van der Waals surface area contributed by atoms with E-state index in [1.54, 1.807) is 29.1 Å². The Labute approximate surface area is 166 Å². The fraction of sp³-hybridized carbons (Fsp3) is 0.0952. The van der Waals surface area contributed by atoms with E-state index in [0.29, 0.717) is 23.0 Å². The SMILES string of the molecule is Cn1nccc1/C=C(/C(=O)NCc1ccc(Cl)cc1)c1nc2ccccc2[nH]1. The van der Waals surface area contributed by atoms with Crippen LogP contribution < -0.4 is 5.32 Å². The maximum atomic E-state index is 13.0. The smallest absolute Gasteiger partial charge is 0.255 e. The summed E-state index contributed by atoms with van der Waals surface area (Å²) in [4.78, 5) is 20.8. The molecule has 2 aromatic heterocycles. The lowest BCUT2D eigenvalue weighted by atomic mass is 10.1. The molecule has 2 heterocycles. The summed E-state index contributed by atoms with van der Waals surface area (Å²) in [5, 5.41) is 7.78. The third-order valence-electron chi connectivity index (χ3n) is 4.41. The van der Waals surface area contributed by atoms with Crippen LogP contribution in [0.3, 0.4) is 0 Å². The number of nitrogens with zero attached hydrogens (tertiary/aromatic N) is 3. The van der Waals surface area contributed by atoms with Gasteiger partial charge in [-0.1, -0.05) is 35.9 Å². The number of fused-ring (bicyclic) bond motifs is 1. The molecule has 6 nitrogen and oxygen atoms in total. The highest BCUT2D eigenvalue weighted by Crippen LogP contribution is 2.20. The third kappa shape index (κ3) is 3.82. The second kappa shape index (κ2) is 7.70. The molecule has 0 aliphatic rings. The molecule has 2 N–H and O–H groups in total. The second-order valence-corrected chi connectivity index (χ2v) is 6.79. The Morgan fingerprint density at radius 2 is 1.96 bits per heavy atom. The standard InChI is InChI=1S/C21H18ClN5O/c1-27-16(10-11-24-27)12-17(20-25-18-4-2-3-5-19(18)26-20)21(28)23-13-14-6-8-15(22)9-7-14/h2-12H,13H2,1H3,(H,23,28)(H,25,26)/b17-12+. The molecule has 0 fully saturated rings. The molecule has 0 bridgehead atoms. The number of rotatable bonds is 5. The van der Waals surface area contributed by atoms with Gasteiger partial charge in [-0.15, -0.1) is 0 Å². The van der Waals surface area contributed by atoms with Gasteiger partial charge < -0.3 is 10.3 Å². The van der Waals surface area contributed by atoms with Crippen LogP contribution in [-0.4, -0.2) is 25.7 Å².